The molecule has 2 aromatic heterocycles. The number of nitrogens with zero attached hydrogens (tertiary/aromatic N) is 4. The molecule has 4 aromatic rings. The van der Waals surface area contributed by atoms with Crippen molar-refractivity contribution in [3.8, 4) is 23.0 Å². The van der Waals surface area contributed by atoms with Gasteiger partial charge in [0, 0.05) is 24.5 Å². The maximum Gasteiger partial charge on any atom is 0.276 e. The molecule has 11 heteroatoms. The Hall–Kier alpha value is -4.67. The Morgan fingerprint density at radius 3 is 2.46 bits per heavy atom. The molecule has 0 aliphatic rings. The Bertz CT molecular complexity index is 1370. The second-order valence-electron chi connectivity index (χ2n) is 7.43. The van der Waals surface area contributed by atoms with Crippen LogP contribution in [0.2, 0.25) is 0 Å². The van der Waals surface area contributed by atoms with Crippen LogP contribution >= 0.6 is 0 Å². The summed E-state index contributed by atoms with van der Waals surface area (Å²) in [6.07, 6.45) is 4.97. The van der Waals surface area contributed by atoms with Crippen molar-refractivity contribution in [1.82, 2.24) is 19.7 Å². The molecular weight excluding hydrogens is 457 g/mol. The molecule has 0 unspecified atom stereocenters. The zero-order valence-electron chi connectivity index (χ0n) is 19.0. The van der Waals surface area contributed by atoms with E-state index >= 15 is 0 Å². The molecule has 10 nitrogen and oxygen atoms in total. The van der Waals surface area contributed by atoms with E-state index in [1.54, 1.807) is 47.3 Å². The highest BCUT2D eigenvalue weighted by molar-refractivity contribution is 5.97. The molecule has 35 heavy (non-hydrogen) atoms. The number of nitro benzene ring substituents is 1. The SMILES string of the molecule is COc1cc(CCNC(=O)c2cnn(-c3ccccc3F)c2-n2cccc2)c([N+](=O)[O-])cc1OC. The first-order valence-electron chi connectivity index (χ1n) is 10.6. The number of aromatic nitrogens is 3. The van der Waals surface area contributed by atoms with Crippen molar-refractivity contribution in [2.24, 2.45) is 0 Å². The second kappa shape index (κ2) is 10.1. The first kappa shape index (κ1) is 23.5. The van der Waals surface area contributed by atoms with Crippen LogP contribution in [0.5, 0.6) is 11.5 Å². The molecule has 0 saturated carbocycles. The number of rotatable bonds is 9. The number of nitro groups is 1. The van der Waals surface area contributed by atoms with E-state index in [1.807, 2.05) is 0 Å². The van der Waals surface area contributed by atoms with Crippen LogP contribution in [0.15, 0.2) is 67.1 Å². The van der Waals surface area contributed by atoms with Crippen LogP contribution in [-0.4, -0.2) is 45.9 Å². The minimum Gasteiger partial charge on any atom is -0.493 e. The van der Waals surface area contributed by atoms with Gasteiger partial charge in [-0.1, -0.05) is 12.1 Å². The number of hydrogen-bond donors (Lipinski definition) is 1. The number of methoxy groups -OCH3 is 2. The number of benzene rings is 2. The van der Waals surface area contributed by atoms with Gasteiger partial charge >= 0.3 is 0 Å². The fraction of sp³-hybridized carbons (Fsp3) is 0.167. The summed E-state index contributed by atoms with van der Waals surface area (Å²) in [7, 11) is 2.83. The summed E-state index contributed by atoms with van der Waals surface area (Å²) in [4.78, 5) is 24.1. The number of para-hydroxylation sites is 1. The number of nitrogens with one attached hydrogen (secondary N) is 1. The molecule has 0 aliphatic carbocycles. The number of carbonyl (C=O) groups is 1. The molecule has 2 aromatic carbocycles. The second-order valence-corrected chi connectivity index (χ2v) is 7.43. The van der Waals surface area contributed by atoms with Crippen molar-refractivity contribution in [1.29, 1.82) is 0 Å². The Balaban J connectivity index is 1.59. The normalized spacial score (nSPS) is 10.7. The zero-order chi connectivity index (χ0) is 24.9. The summed E-state index contributed by atoms with van der Waals surface area (Å²) in [6.45, 7) is 0.102. The van der Waals surface area contributed by atoms with Gasteiger partial charge in [-0.05, 0) is 36.8 Å². The van der Waals surface area contributed by atoms with E-state index in [1.165, 1.54) is 43.3 Å². The summed E-state index contributed by atoms with van der Waals surface area (Å²) in [5.74, 6) is -0.00441. The minimum absolute atomic E-state index is 0.102. The lowest BCUT2D eigenvalue weighted by molar-refractivity contribution is -0.385. The number of hydrogen-bond acceptors (Lipinski definition) is 6. The molecule has 0 radical (unpaired) electrons. The van der Waals surface area contributed by atoms with E-state index in [-0.39, 0.29) is 35.7 Å². The van der Waals surface area contributed by atoms with E-state index in [0.29, 0.717) is 17.1 Å². The largest absolute Gasteiger partial charge is 0.493 e. The number of ether oxygens (including phenoxy) is 2. The van der Waals surface area contributed by atoms with Gasteiger partial charge in [-0.3, -0.25) is 14.9 Å². The fourth-order valence-corrected chi connectivity index (χ4v) is 3.71. The third-order valence-electron chi connectivity index (χ3n) is 5.38. The zero-order valence-corrected chi connectivity index (χ0v) is 19.0. The summed E-state index contributed by atoms with van der Waals surface area (Å²) in [5, 5.41) is 18.5. The molecule has 180 valence electrons. The van der Waals surface area contributed by atoms with Crippen LogP contribution in [0.3, 0.4) is 0 Å². The topological polar surface area (TPSA) is 113 Å². The summed E-state index contributed by atoms with van der Waals surface area (Å²) >= 11 is 0. The van der Waals surface area contributed by atoms with Crippen LogP contribution < -0.4 is 14.8 Å². The van der Waals surface area contributed by atoms with E-state index in [4.69, 9.17) is 9.47 Å². The molecule has 0 spiro atoms. The van der Waals surface area contributed by atoms with Gasteiger partial charge < -0.3 is 19.4 Å². The van der Waals surface area contributed by atoms with Crippen LogP contribution in [0, 0.1) is 15.9 Å². The van der Waals surface area contributed by atoms with Crippen molar-refractivity contribution >= 4 is 11.6 Å². The van der Waals surface area contributed by atoms with Gasteiger partial charge in [0.25, 0.3) is 11.6 Å². The summed E-state index contributed by atoms with van der Waals surface area (Å²) in [5.41, 5.74) is 0.639. The van der Waals surface area contributed by atoms with Gasteiger partial charge in [0.15, 0.2) is 17.3 Å². The molecule has 0 atom stereocenters. The van der Waals surface area contributed by atoms with Crippen molar-refractivity contribution < 1.29 is 23.6 Å². The summed E-state index contributed by atoms with van der Waals surface area (Å²) in [6, 6.07) is 12.5. The standard InChI is InChI=1S/C24H22FN5O5/c1-34-21-13-16(20(30(32)33)14-22(21)35-2)9-10-26-23(31)17-15-27-29(19-8-4-3-7-18(19)25)24(17)28-11-5-6-12-28/h3-8,11-15H,9-10H2,1-2H3,(H,26,31). The maximum atomic E-state index is 14.5. The minimum atomic E-state index is -0.512. The van der Waals surface area contributed by atoms with E-state index in [0.717, 1.165) is 0 Å². The van der Waals surface area contributed by atoms with Crippen LogP contribution in [0.25, 0.3) is 11.5 Å². The number of amides is 1. The summed E-state index contributed by atoms with van der Waals surface area (Å²) < 4.78 is 27.9. The predicted molar refractivity (Wildman–Crippen MR) is 125 cm³/mol. The Morgan fingerprint density at radius 2 is 1.80 bits per heavy atom. The van der Waals surface area contributed by atoms with Gasteiger partial charge in [0.05, 0.1) is 31.4 Å². The van der Waals surface area contributed by atoms with E-state index in [2.05, 4.69) is 10.4 Å². The lowest BCUT2D eigenvalue weighted by Crippen LogP contribution is -2.27. The quantitative estimate of drug-likeness (QED) is 0.289. The van der Waals surface area contributed by atoms with Gasteiger partial charge in [0.2, 0.25) is 0 Å². The van der Waals surface area contributed by atoms with Gasteiger partial charge in [0.1, 0.15) is 17.1 Å². The molecule has 0 fully saturated rings. The molecule has 1 N–H and O–H groups in total. The fourth-order valence-electron chi connectivity index (χ4n) is 3.71. The van der Waals surface area contributed by atoms with Crippen molar-refractivity contribution in [3.05, 3.63) is 94.2 Å². The van der Waals surface area contributed by atoms with Crippen molar-refractivity contribution in [2.45, 2.75) is 6.42 Å². The lowest BCUT2D eigenvalue weighted by Gasteiger charge is -2.12. The number of carbonyl (C=O) groups excluding carboxylic acids is 1. The molecular formula is C24H22FN5O5. The first-order valence-corrected chi connectivity index (χ1v) is 10.6. The Labute approximate surface area is 199 Å². The van der Waals surface area contributed by atoms with E-state index < -0.39 is 16.6 Å². The van der Waals surface area contributed by atoms with Gasteiger partial charge in [-0.15, -0.1) is 0 Å². The molecule has 0 bridgehead atoms. The maximum absolute atomic E-state index is 14.5. The van der Waals surface area contributed by atoms with Crippen LogP contribution in [0.4, 0.5) is 10.1 Å². The third-order valence-corrected chi connectivity index (χ3v) is 5.38. The average molecular weight is 479 g/mol. The molecule has 4 rings (SSSR count). The van der Waals surface area contributed by atoms with Crippen molar-refractivity contribution in [3.63, 3.8) is 0 Å². The Kier molecular flexibility index (Phi) is 6.76. The molecule has 0 aliphatic heterocycles. The monoisotopic (exact) mass is 479 g/mol. The van der Waals surface area contributed by atoms with Gasteiger partial charge in [-0.2, -0.15) is 5.10 Å². The predicted octanol–water partition coefficient (Wildman–Crippen LogP) is 3.70. The van der Waals surface area contributed by atoms with Crippen LogP contribution in [-0.2, 0) is 6.42 Å². The Morgan fingerprint density at radius 1 is 1.11 bits per heavy atom. The smallest absolute Gasteiger partial charge is 0.276 e. The highest BCUT2D eigenvalue weighted by atomic mass is 19.1. The van der Waals surface area contributed by atoms with Gasteiger partial charge in [-0.25, -0.2) is 9.07 Å². The molecule has 2 heterocycles. The molecule has 1 amide bonds. The number of halogens is 1. The van der Waals surface area contributed by atoms with E-state index in [9.17, 15) is 19.3 Å². The van der Waals surface area contributed by atoms with Crippen molar-refractivity contribution in [2.75, 3.05) is 20.8 Å². The first-order chi connectivity index (χ1) is 16.9. The lowest BCUT2D eigenvalue weighted by atomic mass is 10.1. The third kappa shape index (κ3) is 4.69. The van der Waals surface area contributed by atoms with Crippen LogP contribution in [0.1, 0.15) is 15.9 Å². The molecule has 0 saturated heterocycles. The highest BCUT2D eigenvalue weighted by Gasteiger charge is 2.23. The average Bonchev–Trinajstić information content (AvgIpc) is 3.53. The highest BCUT2D eigenvalue weighted by Crippen LogP contribution is 2.34.